The van der Waals surface area contributed by atoms with Crippen LogP contribution in [-0.2, 0) is 4.79 Å². The molecule has 4 N–H and O–H groups in total. The van der Waals surface area contributed by atoms with Gasteiger partial charge in [0.2, 0.25) is 5.91 Å². The fourth-order valence-electron chi connectivity index (χ4n) is 1.76. The Labute approximate surface area is 97.6 Å². The number of aromatic nitrogens is 1. The van der Waals surface area contributed by atoms with Gasteiger partial charge in [0.1, 0.15) is 6.04 Å². The van der Waals surface area contributed by atoms with Crippen molar-refractivity contribution in [2.45, 2.75) is 13.0 Å². The summed E-state index contributed by atoms with van der Waals surface area (Å²) in [6.45, 7) is 1.59. The number of benzene rings is 1. The number of hydrogen-bond acceptors (Lipinski definition) is 3. The van der Waals surface area contributed by atoms with E-state index in [9.17, 15) is 9.59 Å². The number of nitrogens with zero attached hydrogens (tertiary/aromatic N) is 1. The zero-order valence-corrected chi connectivity index (χ0v) is 9.38. The van der Waals surface area contributed by atoms with E-state index in [0.717, 1.165) is 0 Å². The van der Waals surface area contributed by atoms with Crippen molar-refractivity contribution < 1.29 is 4.79 Å². The maximum atomic E-state index is 12.1. The number of hydrogen-bond donors (Lipinski definition) is 2. The number of nitrogens with two attached hydrogens (primary N) is 2. The molecule has 0 aliphatic heterocycles. The Morgan fingerprint density at radius 3 is 2.65 bits per heavy atom. The Kier molecular flexibility index (Phi) is 2.59. The fraction of sp³-hybridized carbons (Fsp3) is 0.167. The highest BCUT2D eigenvalue weighted by atomic mass is 16.2. The third kappa shape index (κ3) is 1.75. The third-order valence-corrected chi connectivity index (χ3v) is 2.84. The van der Waals surface area contributed by atoms with Gasteiger partial charge in [0.15, 0.2) is 0 Å². The summed E-state index contributed by atoms with van der Waals surface area (Å²) in [7, 11) is 0. The number of anilines is 1. The average molecular weight is 231 g/mol. The predicted molar refractivity (Wildman–Crippen MR) is 66.5 cm³/mol. The summed E-state index contributed by atoms with van der Waals surface area (Å²) >= 11 is 0. The van der Waals surface area contributed by atoms with E-state index in [1.807, 2.05) is 0 Å². The molecule has 1 unspecified atom stereocenters. The molecule has 1 aromatic heterocycles. The van der Waals surface area contributed by atoms with Crippen LogP contribution in [0.3, 0.4) is 0 Å². The van der Waals surface area contributed by atoms with Crippen molar-refractivity contribution in [3.8, 4) is 0 Å². The Morgan fingerprint density at radius 1 is 1.29 bits per heavy atom. The molecule has 0 saturated heterocycles. The minimum Gasteiger partial charge on any atom is -0.398 e. The van der Waals surface area contributed by atoms with Gasteiger partial charge in [-0.05, 0) is 25.1 Å². The Morgan fingerprint density at radius 2 is 2.00 bits per heavy atom. The summed E-state index contributed by atoms with van der Waals surface area (Å²) < 4.78 is 1.31. The number of carbonyl (C=O) groups excluding carboxylic acids is 1. The van der Waals surface area contributed by atoms with E-state index in [4.69, 9.17) is 11.5 Å². The predicted octanol–water partition coefficient (Wildman–Crippen LogP) is 0.630. The van der Waals surface area contributed by atoms with Gasteiger partial charge in [-0.1, -0.05) is 6.07 Å². The summed E-state index contributed by atoms with van der Waals surface area (Å²) in [5.74, 6) is -0.546. The van der Waals surface area contributed by atoms with Crippen LogP contribution in [0.1, 0.15) is 13.0 Å². The standard InChI is InChI=1S/C12H13N3O2/c1-7(11(14)16)15-6-5-8-9(12(15)17)3-2-4-10(8)13/h2-7H,13H2,1H3,(H2,14,16). The van der Waals surface area contributed by atoms with Gasteiger partial charge in [0.25, 0.3) is 5.56 Å². The van der Waals surface area contributed by atoms with Gasteiger partial charge >= 0.3 is 0 Å². The minimum absolute atomic E-state index is 0.263. The van der Waals surface area contributed by atoms with E-state index in [0.29, 0.717) is 16.5 Å². The van der Waals surface area contributed by atoms with Crippen molar-refractivity contribution in [1.82, 2.24) is 4.57 Å². The second-order valence-corrected chi connectivity index (χ2v) is 3.91. The molecular weight excluding hydrogens is 218 g/mol. The molecule has 0 aliphatic carbocycles. The highest BCUT2D eigenvalue weighted by Crippen LogP contribution is 2.17. The van der Waals surface area contributed by atoms with Gasteiger partial charge in [-0.25, -0.2) is 0 Å². The van der Waals surface area contributed by atoms with Crippen molar-refractivity contribution in [1.29, 1.82) is 0 Å². The second kappa shape index (κ2) is 3.93. The first kappa shape index (κ1) is 11.2. The van der Waals surface area contributed by atoms with Crippen LogP contribution in [0.5, 0.6) is 0 Å². The van der Waals surface area contributed by atoms with Crippen molar-refractivity contribution in [2.24, 2.45) is 5.73 Å². The molecular formula is C12H13N3O2. The maximum absolute atomic E-state index is 12.1. The van der Waals surface area contributed by atoms with Gasteiger partial charge in [0, 0.05) is 22.7 Å². The number of rotatable bonds is 2. The molecule has 88 valence electrons. The molecule has 0 aliphatic rings. The Hall–Kier alpha value is -2.30. The second-order valence-electron chi connectivity index (χ2n) is 3.91. The molecule has 5 nitrogen and oxygen atoms in total. The van der Waals surface area contributed by atoms with Gasteiger partial charge in [-0.2, -0.15) is 0 Å². The molecule has 1 amide bonds. The smallest absolute Gasteiger partial charge is 0.259 e. The molecule has 2 rings (SSSR count). The van der Waals surface area contributed by atoms with Crippen molar-refractivity contribution in [3.63, 3.8) is 0 Å². The number of pyridine rings is 1. The SMILES string of the molecule is CC(C(N)=O)n1ccc2c(N)cccc2c1=O. The lowest BCUT2D eigenvalue weighted by Gasteiger charge is -2.12. The molecule has 1 atom stereocenters. The zero-order chi connectivity index (χ0) is 12.6. The van der Waals surface area contributed by atoms with Gasteiger partial charge in [-0.3, -0.25) is 9.59 Å². The summed E-state index contributed by atoms with van der Waals surface area (Å²) in [6, 6.07) is 6.15. The van der Waals surface area contributed by atoms with Crippen molar-refractivity contribution >= 4 is 22.4 Å². The summed E-state index contributed by atoms with van der Waals surface area (Å²) in [6.07, 6.45) is 1.54. The molecule has 2 aromatic rings. The van der Waals surface area contributed by atoms with Crippen LogP contribution in [0.25, 0.3) is 10.8 Å². The molecule has 17 heavy (non-hydrogen) atoms. The van der Waals surface area contributed by atoms with Crippen LogP contribution < -0.4 is 17.0 Å². The molecule has 1 heterocycles. The van der Waals surface area contributed by atoms with E-state index in [2.05, 4.69) is 0 Å². The van der Waals surface area contributed by atoms with Crippen LogP contribution in [-0.4, -0.2) is 10.5 Å². The zero-order valence-electron chi connectivity index (χ0n) is 9.38. The topological polar surface area (TPSA) is 91.1 Å². The highest BCUT2D eigenvalue weighted by molar-refractivity contribution is 5.92. The number of carbonyl (C=O) groups is 1. The average Bonchev–Trinajstić information content (AvgIpc) is 2.30. The quantitative estimate of drug-likeness (QED) is 0.742. The molecule has 0 radical (unpaired) electrons. The summed E-state index contributed by atoms with van der Waals surface area (Å²) in [4.78, 5) is 23.2. The largest absolute Gasteiger partial charge is 0.398 e. The van der Waals surface area contributed by atoms with Crippen LogP contribution in [0, 0.1) is 0 Å². The van der Waals surface area contributed by atoms with Crippen LogP contribution >= 0.6 is 0 Å². The number of fused-ring (bicyclic) bond motifs is 1. The van der Waals surface area contributed by atoms with E-state index in [1.54, 1.807) is 31.2 Å². The number of amides is 1. The Balaban J connectivity index is 2.75. The van der Waals surface area contributed by atoms with Gasteiger partial charge < -0.3 is 16.0 Å². The molecule has 1 aromatic carbocycles. The summed E-state index contributed by atoms with van der Waals surface area (Å²) in [5, 5.41) is 1.17. The minimum atomic E-state index is -0.673. The molecule has 0 saturated carbocycles. The lowest BCUT2D eigenvalue weighted by Crippen LogP contribution is -2.31. The van der Waals surface area contributed by atoms with Crippen molar-refractivity contribution in [3.05, 3.63) is 40.8 Å². The van der Waals surface area contributed by atoms with Crippen molar-refractivity contribution in [2.75, 3.05) is 5.73 Å². The van der Waals surface area contributed by atoms with E-state index < -0.39 is 11.9 Å². The maximum Gasteiger partial charge on any atom is 0.259 e. The van der Waals surface area contributed by atoms with E-state index in [1.165, 1.54) is 10.8 Å². The highest BCUT2D eigenvalue weighted by Gasteiger charge is 2.14. The molecule has 5 heteroatoms. The Bertz CT molecular complexity index is 646. The van der Waals surface area contributed by atoms with Crippen LogP contribution in [0.15, 0.2) is 35.3 Å². The number of primary amides is 1. The van der Waals surface area contributed by atoms with E-state index in [-0.39, 0.29) is 5.56 Å². The third-order valence-electron chi connectivity index (χ3n) is 2.84. The van der Waals surface area contributed by atoms with Crippen LogP contribution in [0.4, 0.5) is 5.69 Å². The fourth-order valence-corrected chi connectivity index (χ4v) is 1.76. The normalized spacial score (nSPS) is 12.5. The van der Waals surface area contributed by atoms with E-state index >= 15 is 0 Å². The molecule has 0 spiro atoms. The number of nitrogen functional groups attached to an aromatic ring is 1. The lowest BCUT2D eigenvalue weighted by molar-refractivity contribution is -0.120. The molecule has 0 bridgehead atoms. The first-order valence-corrected chi connectivity index (χ1v) is 5.21. The first-order chi connectivity index (χ1) is 8.02. The molecule has 0 fully saturated rings. The summed E-state index contributed by atoms with van der Waals surface area (Å²) in [5.41, 5.74) is 11.2. The van der Waals surface area contributed by atoms with Gasteiger partial charge in [-0.15, -0.1) is 0 Å². The van der Waals surface area contributed by atoms with Crippen LogP contribution in [0.2, 0.25) is 0 Å². The monoisotopic (exact) mass is 231 g/mol. The lowest BCUT2D eigenvalue weighted by atomic mass is 10.1. The van der Waals surface area contributed by atoms with Gasteiger partial charge in [0.05, 0.1) is 0 Å². The first-order valence-electron chi connectivity index (χ1n) is 5.21.